The van der Waals surface area contributed by atoms with Crippen LogP contribution in [-0.4, -0.2) is 55.8 Å². The molecule has 1 aliphatic heterocycles. The molecule has 1 fully saturated rings. The van der Waals surface area contributed by atoms with Crippen LogP contribution in [0.3, 0.4) is 0 Å². The van der Waals surface area contributed by atoms with Gasteiger partial charge < -0.3 is 10.1 Å². The number of non-ortho nitro benzene ring substituents is 1. The van der Waals surface area contributed by atoms with E-state index in [1.54, 1.807) is 0 Å². The lowest BCUT2D eigenvalue weighted by atomic mass is 9.98. The molecule has 1 aliphatic rings. The third kappa shape index (κ3) is 6.13. The fourth-order valence-electron chi connectivity index (χ4n) is 2.90. The van der Waals surface area contributed by atoms with Crippen molar-refractivity contribution >= 4 is 39.2 Å². The Bertz CT molecular complexity index is 912. The number of sulfonamides is 1. The molecule has 1 heterocycles. The van der Waals surface area contributed by atoms with Crippen molar-refractivity contribution in [2.24, 2.45) is 11.8 Å². The Morgan fingerprint density at radius 2 is 1.97 bits per heavy atom. The van der Waals surface area contributed by atoms with E-state index >= 15 is 0 Å². The van der Waals surface area contributed by atoms with Crippen LogP contribution in [-0.2, 0) is 24.3 Å². The van der Waals surface area contributed by atoms with E-state index < -0.39 is 32.7 Å². The first kappa shape index (κ1) is 24.0. The van der Waals surface area contributed by atoms with Crippen LogP contribution in [0.5, 0.6) is 0 Å². The number of rotatable bonds is 8. The molecule has 0 bridgehead atoms. The number of carbonyl (C=O) groups excluding carboxylic acids is 2. The lowest BCUT2D eigenvalue weighted by Gasteiger charge is -2.30. The number of ether oxygens (including phenoxy) is 1. The molecule has 0 aromatic heterocycles. The number of carbonyl (C=O) groups is 2. The predicted octanol–water partition coefficient (Wildman–Crippen LogP) is 1.96. The van der Waals surface area contributed by atoms with Gasteiger partial charge in [0.05, 0.1) is 15.9 Å². The van der Waals surface area contributed by atoms with Crippen LogP contribution in [0, 0.1) is 22.0 Å². The van der Waals surface area contributed by atoms with Gasteiger partial charge in [0.1, 0.15) is 4.90 Å². The maximum Gasteiger partial charge on any atom is 0.309 e. The molecule has 0 radical (unpaired) electrons. The first-order valence-corrected chi connectivity index (χ1v) is 11.2. The smallest absolute Gasteiger partial charge is 0.309 e. The summed E-state index contributed by atoms with van der Waals surface area (Å²) in [6.45, 7) is 4.03. The summed E-state index contributed by atoms with van der Waals surface area (Å²) in [6, 6.07) is 3.22. The predicted molar refractivity (Wildman–Crippen MR) is 108 cm³/mol. The number of benzene rings is 1. The number of halogens is 1. The maximum absolute atomic E-state index is 12.9. The van der Waals surface area contributed by atoms with Gasteiger partial charge in [0.2, 0.25) is 10.0 Å². The standard InChI is InChI=1S/C18H24ClN3O7S/c1-12(2)10-20-17(23)11-29-18(24)13-5-7-21(8-6-13)30(27,28)16-9-14(22(25)26)3-4-15(16)19/h3-4,9,12-13H,5-8,10-11H2,1-2H3,(H,20,23). The van der Waals surface area contributed by atoms with Gasteiger partial charge in [0.25, 0.3) is 11.6 Å². The van der Waals surface area contributed by atoms with Crippen molar-refractivity contribution in [3.8, 4) is 0 Å². The van der Waals surface area contributed by atoms with Crippen LogP contribution in [0.15, 0.2) is 23.1 Å². The summed E-state index contributed by atoms with van der Waals surface area (Å²) < 4.78 is 31.9. The normalized spacial score (nSPS) is 15.7. The molecule has 10 nitrogen and oxygen atoms in total. The highest BCUT2D eigenvalue weighted by Gasteiger charge is 2.34. The zero-order chi connectivity index (χ0) is 22.5. The number of amides is 1. The van der Waals surface area contributed by atoms with Gasteiger partial charge >= 0.3 is 5.97 Å². The van der Waals surface area contributed by atoms with Crippen LogP contribution in [0.1, 0.15) is 26.7 Å². The summed E-state index contributed by atoms with van der Waals surface area (Å²) in [5, 5.41) is 13.5. The fourth-order valence-corrected chi connectivity index (χ4v) is 4.86. The number of piperidine rings is 1. The highest BCUT2D eigenvalue weighted by atomic mass is 35.5. The van der Waals surface area contributed by atoms with E-state index in [0.29, 0.717) is 6.54 Å². The molecule has 2 rings (SSSR count). The Hall–Kier alpha value is -2.24. The van der Waals surface area contributed by atoms with Crippen LogP contribution in [0.25, 0.3) is 0 Å². The van der Waals surface area contributed by atoms with Crippen molar-refractivity contribution in [2.45, 2.75) is 31.6 Å². The summed E-state index contributed by atoms with van der Waals surface area (Å²) >= 11 is 5.96. The van der Waals surface area contributed by atoms with Crippen LogP contribution < -0.4 is 5.32 Å². The van der Waals surface area contributed by atoms with Gasteiger partial charge in [-0.15, -0.1) is 0 Å². The lowest BCUT2D eigenvalue weighted by Crippen LogP contribution is -2.41. The molecule has 0 saturated carbocycles. The van der Waals surface area contributed by atoms with Gasteiger partial charge in [0, 0.05) is 31.8 Å². The van der Waals surface area contributed by atoms with E-state index in [-0.39, 0.29) is 54.1 Å². The zero-order valence-electron chi connectivity index (χ0n) is 16.7. The first-order valence-electron chi connectivity index (χ1n) is 9.39. The quantitative estimate of drug-likeness (QED) is 0.355. The average Bonchev–Trinajstić information content (AvgIpc) is 2.70. The monoisotopic (exact) mass is 461 g/mol. The summed E-state index contributed by atoms with van der Waals surface area (Å²) in [7, 11) is -4.06. The van der Waals surface area contributed by atoms with Gasteiger partial charge in [-0.25, -0.2) is 8.42 Å². The van der Waals surface area contributed by atoms with Crippen molar-refractivity contribution in [3.63, 3.8) is 0 Å². The van der Waals surface area contributed by atoms with Gasteiger partial charge in [-0.3, -0.25) is 19.7 Å². The number of nitro groups is 1. The second-order valence-corrected chi connectivity index (χ2v) is 9.67. The van der Waals surface area contributed by atoms with Gasteiger partial charge in [-0.2, -0.15) is 4.31 Å². The molecule has 1 amide bonds. The van der Waals surface area contributed by atoms with Crippen LogP contribution >= 0.6 is 11.6 Å². The summed E-state index contributed by atoms with van der Waals surface area (Å²) in [4.78, 5) is 33.7. The number of nitro benzene ring substituents is 1. The molecule has 0 spiro atoms. The maximum atomic E-state index is 12.9. The van der Waals surface area contributed by atoms with E-state index in [1.165, 1.54) is 6.07 Å². The molecule has 0 aliphatic carbocycles. The number of nitrogens with one attached hydrogen (secondary N) is 1. The summed E-state index contributed by atoms with van der Waals surface area (Å²) in [6.07, 6.45) is 0.413. The second kappa shape index (κ2) is 10.2. The first-order chi connectivity index (χ1) is 14.0. The average molecular weight is 462 g/mol. The number of nitrogens with zero attached hydrogens (tertiary/aromatic N) is 2. The minimum absolute atomic E-state index is 0.0284. The number of hydrogen-bond acceptors (Lipinski definition) is 7. The molecule has 1 aromatic carbocycles. The van der Waals surface area contributed by atoms with Crippen molar-refractivity contribution in [1.29, 1.82) is 0 Å². The van der Waals surface area contributed by atoms with Crippen molar-refractivity contribution in [1.82, 2.24) is 9.62 Å². The largest absolute Gasteiger partial charge is 0.455 e. The molecule has 30 heavy (non-hydrogen) atoms. The van der Waals surface area contributed by atoms with Gasteiger partial charge in [-0.05, 0) is 24.8 Å². The lowest BCUT2D eigenvalue weighted by molar-refractivity contribution is -0.385. The number of esters is 1. The third-order valence-electron chi connectivity index (χ3n) is 4.58. The summed E-state index contributed by atoms with van der Waals surface area (Å²) in [5.41, 5.74) is -0.382. The fraction of sp³-hybridized carbons (Fsp3) is 0.556. The molecule has 0 unspecified atom stereocenters. The topological polar surface area (TPSA) is 136 Å². The van der Waals surface area contributed by atoms with Crippen molar-refractivity contribution in [3.05, 3.63) is 33.3 Å². The molecule has 1 N–H and O–H groups in total. The van der Waals surface area contributed by atoms with E-state index in [0.717, 1.165) is 16.4 Å². The Morgan fingerprint density at radius 1 is 1.33 bits per heavy atom. The number of hydrogen-bond donors (Lipinski definition) is 1. The van der Waals surface area contributed by atoms with Crippen LogP contribution in [0.4, 0.5) is 5.69 Å². The van der Waals surface area contributed by atoms with E-state index in [1.807, 2.05) is 13.8 Å². The molecular formula is C18H24ClN3O7S. The zero-order valence-corrected chi connectivity index (χ0v) is 18.2. The molecule has 1 saturated heterocycles. The molecule has 12 heteroatoms. The highest BCUT2D eigenvalue weighted by Crippen LogP contribution is 2.31. The van der Waals surface area contributed by atoms with E-state index in [4.69, 9.17) is 16.3 Å². The van der Waals surface area contributed by atoms with E-state index in [2.05, 4.69) is 5.32 Å². The molecular weight excluding hydrogens is 438 g/mol. The van der Waals surface area contributed by atoms with Crippen molar-refractivity contribution in [2.75, 3.05) is 26.2 Å². The Kier molecular flexibility index (Phi) is 8.16. The van der Waals surface area contributed by atoms with Crippen LogP contribution in [0.2, 0.25) is 5.02 Å². The highest BCUT2D eigenvalue weighted by molar-refractivity contribution is 7.89. The minimum Gasteiger partial charge on any atom is -0.455 e. The van der Waals surface area contributed by atoms with Crippen molar-refractivity contribution < 1.29 is 27.7 Å². The second-order valence-electron chi connectivity index (χ2n) is 7.36. The Balaban J connectivity index is 1.95. The Morgan fingerprint density at radius 3 is 2.53 bits per heavy atom. The molecule has 1 aromatic rings. The SMILES string of the molecule is CC(C)CNC(=O)COC(=O)C1CCN(S(=O)(=O)c2cc([N+](=O)[O-])ccc2Cl)CC1. The van der Waals surface area contributed by atoms with Gasteiger partial charge in [-0.1, -0.05) is 25.4 Å². The molecule has 0 atom stereocenters. The molecule has 166 valence electrons. The third-order valence-corrected chi connectivity index (χ3v) is 6.96. The Labute approximate surface area is 179 Å². The van der Waals surface area contributed by atoms with Gasteiger partial charge in [0.15, 0.2) is 6.61 Å². The van der Waals surface area contributed by atoms with E-state index in [9.17, 15) is 28.1 Å². The summed E-state index contributed by atoms with van der Waals surface area (Å²) in [5.74, 6) is -1.21. The minimum atomic E-state index is -4.06.